The van der Waals surface area contributed by atoms with Crippen molar-refractivity contribution in [1.82, 2.24) is 0 Å². The molecule has 0 radical (unpaired) electrons. The van der Waals surface area contributed by atoms with Crippen LogP contribution in [0, 0.1) is 0 Å². The maximum Gasteiger partial charge on any atom is 0.137 e. The number of halogens is 4. The molecule has 0 aliphatic carbocycles. The maximum absolute atomic E-state index is 10.5. The van der Waals surface area contributed by atoms with Crippen LogP contribution in [0.2, 0.25) is 0 Å². The molecule has 0 heterocycles. The molecule has 0 saturated carbocycles. The zero-order valence-corrected chi connectivity index (χ0v) is 19.0. The molecule has 0 amide bonds. The summed E-state index contributed by atoms with van der Waals surface area (Å²) in [7, 11) is -0.936. The molecule has 0 bridgehead atoms. The van der Waals surface area contributed by atoms with Crippen molar-refractivity contribution >= 4 is 82.3 Å². The van der Waals surface area contributed by atoms with Gasteiger partial charge in [0.2, 0.25) is 0 Å². The number of benzene rings is 2. The van der Waals surface area contributed by atoms with Gasteiger partial charge in [0.25, 0.3) is 0 Å². The average Bonchev–Trinajstić information content (AvgIpc) is 2.40. The normalized spacial score (nSPS) is 11.5. The third-order valence-corrected chi connectivity index (χ3v) is 7.93. The fourth-order valence-corrected chi connectivity index (χ4v) is 7.89. The smallest absolute Gasteiger partial charge is 0.137 e. The van der Waals surface area contributed by atoms with E-state index in [4.69, 9.17) is 0 Å². The van der Waals surface area contributed by atoms with Crippen LogP contribution < -0.4 is 10.6 Å². The summed E-state index contributed by atoms with van der Waals surface area (Å²) in [6.07, 6.45) is 0. The minimum atomic E-state index is -0.936. The molecule has 2 N–H and O–H groups in total. The largest absolute Gasteiger partial charge is 0.506 e. The highest BCUT2D eigenvalue weighted by Gasteiger charge is 2.26. The van der Waals surface area contributed by atoms with Gasteiger partial charge in [-0.15, -0.1) is 0 Å². The first-order valence-electron chi connectivity index (χ1n) is 6.37. The second-order valence-electron chi connectivity index (χ2n) is 4.97. The Kier molecular flexibility index (Phi) is 6.40. The highest BCUT2D eigenvalue weighted by Crippen LogP contribution is 2.48. The Balaban J connectivity index is 2.73. The highest BCUT2D eigenvalue weighted by atomic mass is 79.9. The first kappa shape index (κ1) is 18.7. The monoisotopic (exact) mass is 572 g/mol. The lowest BCUT2D eigenvalue weighted by molar-refractivity contribution is 0.475. The first-order valence-corrected chi connectivity index (χ1v) is 11.0. The predicted octanol–water partition coefficient (Wildman–Crippen LogP) is 5.99. The third-order valence-electron chi connectivity index (χ3n) is 3.05. The quantitative estimate of drug-likeness (QED) is 0.442. The second-order valence-corrected chi connectivity index (χ2v) is 11.3. The second kappa shape index (κ2) is 7.52. The summed E-state index contributed by atoms with van der Waals surface area (Å²) in [6.45, 7) is 4.18. The van der Waals surface area contributed by atoms with E-state index in [1.165, 1.54) is 0 Å². The van der Waals surface area contributed by atoms with Crippen molar-refractivity contribution in [2.45, 2.75) is 19.5 Å². The van der Waals surface area contributed by atoms with Crippen molar-refractivity contribution in [3.63, 3.8) is 0 Å². The van der Waals surface area contributed by atoms with Crippen LogP contribution in [-0.2, 0) is 0 Å². The summed E-state index contributed by atoms with van der Waals surface area (Å²) in [5.74, 6) is 0.442. The topological polar surface area (TPSA) is 40.5 Å². The average molecular weight is 576 g/mol. The standard InChI is InChI=1S/C15H13Br4O2P/c1-7(2)22(12-5-8(16)3-10(18)14(12)20)13-6-9(17)4-11(19)15(13)21/h3-7,20-21H,1-2H3. The fourth-order valence-electron chi connectivity index (χ4n) is 2.16. The number of hydrogen-bond acceptors (Lipinski definition) is 2. The van der Waals surface area contributed by atoms with E-state index in [-0.39, 0.29) is 17.2 Å². The van der Waals surface area contributed by atoms with Crippen molar-refractivity contribution in [2.24, 2.45) is 0 Å². The van der Waals surface area contributed by atoms with Crippen LogP contribution in [0.25, 0.3) is 0 Å². The van der Waals surface area contributed by atoms with Crippen molar-refractivity contribution in [2.75, 3.05) is 0 Å². The van der Waals surface area contributed by atoms with E-state index < -0.39 is 7.92 Å². The summed E-state index contributed by atoms with van der Waals surface area (Å²) in [4.78, 5) is 0. The van der Waals surface area contributed by atoms with Crippen LogP contribution in [0.15, 0.2) is 42.2 Å². The summed E-state index contributed by atoms with van der Waals surface area (Å²) in [6, 6.07) is 7.45. The van der Waals surface area contributed by atoms with Crippen LogP contribution in [0.5, 0.6) is 11.5 Å². The molecule has 22 heavy (non-hydrogen) atoms. The van der Waals surface area contributed by atoms with E-state index >= 15 is 0 Å². The van der Waals surface area contributed by atoms with Gasteiger partial charge in [0.05, 0.1) is 8.95 Å². The Labute approximate surface area is 164 Å². The molecule has 0 aliphatic heterocycles. The Morgan fingerprint density at radius 3 is 1.45 bits per heavy atom. The Hall–Kier alpha value is 0.390. The molecular weight excluding hydrogens is 563 g/mol. The lowest BCUT2D eigenvalue weighted by Gasteiger charge is -2.25. The van der Waals surface area contributed by atoms with Crippen molar-refractivity contribution < 1.29 is 10.2 Å². The molecule has 0 spiro atoms. The summed E-state index contributed by atoms with van der Waals surface area (Å²) >= 11 is 13.7. The zero-order chi connectivity index (χ0) is 16.6. The molecule has 2 rings (SSSR count). The third kappa shape index (κ3) is 3.89. The highest BCUT2D eigenvalue weighted by molar-refractivity contribution is 9.11. The molecular formula is C15H13Br4O2P. The molecule has 0 unspecified atom stereocenters. The van der Waals surface area contributed by atoms with E-state index in [0.29, 0.717) is 8.95 Å². The molecule has 0 aromatic heterocycles. The first-order chi connectivity index (χ1) is 10.2. The lowest BCUT2D eigenvalue weighted by atomic mass is 10.3. The lowest BCUT2D eigenvalue weighted by Crippen LogP contribution is -2.19. The molecule has 118 valence electrons. The predicted molar refractivity (Wildman–Crippen MR) is 108 cm³/mol. The van der Waals surface area contributed by atoms with Crippen LogP contribution in [-0.4, -0.2) is 15.9 Å². The summed E-state index contributed by atoms with van der Waals surface area (Å²) in [5.41, 5.74) is 0.245. The molecule has 2 aromatic rings. The van der Waals surface area contributed by atoms with Crippen LogP contribution in [0.3, 0.4) is 0 Å². The fraction of sp³-hybridized carbons (Fsp3) is 0.200. The molecule has 0 aliphatic rings. The molecule has 0 fully saturated rings. The van der Waals surface area contributed by atoms with Gasteiger partial charge in [-0.25, -0.2) is 0 Å². The van der Waals surface area contributed by atoms with Gasteiger partial charge in [0, 0.05) is 19.6 Å². The molecule has 0 atom stereocenters. The Bertz CT molecular complexity index is 662. The SMILES string of the molecule is CC(C)P(c1cc(Br)cc(Br)c1O)c1cc(Br)cc(Br)c1O. The van der Waals surface area contributed by atoms with Gasteiger partial charge < -0.3 is 10.2 Å². The van der Waals surface area contributed by atoms with E-state index in [2.05, 4.69) is 77.6 Å². The van der Waals surface area contributed by atoms with Crippen molar-refractivity contribution in [3.8, 4) is 11.5 Å². The van der Waals surface area contributed by atoms with Gasteiger partial charge in [-0.3, -0.25) is 0 Å². The summed E-state index contributed by atoms with van der Waals surface area (Å²) < 4.78 is 3.04. The van der Waals surface area contributed by atoms with Gasteiger partial charge >= 0.3 is 0 Å². The van der Waals surface area contributed by atoms with Crippen molar-refractivity contribution in [3.05, 3.63) is 42.2 Å². The van der Waals surface area contributed by atoms with Gasteiger partial charge in [0.1, 0.15) is 11.5 Å². The number of aromatic hydroxyl groups is 2. The van der Waals surface area contributed by atoms with Gasteiger partial charge in [0.15, 0.2) is 0 Å². The number of phenols is 2. The zero-order valence-electron chi connectivity index (χ0n) is 11.7. The Morgan fingerprint density at radius 1 is 0.773 bits per heavy atom. The van der Waals surface area contributed by atoms with Crippen LogP contribution in [0.1, 0.15) is 13.8 Å². The van der Waals surface area contributed by atoms with Crippen LogP contribution >= 0.6 is 71.6 Å². The number of rotatable bonds is 3. The van der Waals surface area contributed by atoms with Crippen LogP contribution in [0.4, 0.5) is 0 Å². The number of phenolic OH excluding ortho intramolecular Hbond substituents is 2. The number of hydrogen-bond donors (Lipinski definition) is 2. The molecule has 0 saturated heterocycles. The van der Waals surface area contributed by atoms with Gasteiger partial charge in [-0.1, -0.05) is 45.7 Å². The summed E-state index contributed by atoms with van der Waals surface area (Å²) in [5, 5.41) is 22.6. The molecule has 7 heteroatoms. The van der Waals surface area contributed by atoms with E-state index in [1.54, 1.807) is 0 Å². The molecule has 2 aromatic carbocycles. The van der Waals surface area contributed by atoms with Gasteiger partial charge in [-0.2, -0.15) is 0 Å². The van der Waals surface area contributed by atoms with E-state index in [9.17, 15) is 10.2 Å². The Morgan fingerprint density at radius 2 is 1.14 bits per heavy atom. The van der Waals surface area contributed by atoms with Crippen molar-refractivity contribution in [1.29, 1.82) is 0 Å². The van der Waals surface area contributed by atoms with E-state index in [0.717, 1.165) is 19.6 Å². The van der Waals surface area contributed by atoms with E-state index in [1.807, 2.05) is 24.3 Å². The maximum atomic E-state index is 10.5. The molecule has 2 nitrogen and oxygen atoms in total. The minimum Gasteiger partial charge on any atom is -0.506 e. The minimum absolute atomic E-state index is 0.221. The van der Waals surface area contributed by atoms with Gasteiger partial charge in [-0.05, 0) is 69.7 Å².